The lowest BCUT2D eigenvalue weighted by Crippen LogP contribution is -2.53. The molecule has 770 valence electrons. The molecule has 16 unspecified atom stereocenters. The van der Waals surface area contributed by atoms with E-state index >= 15 is 4.79 Å². The molecule has 3 aromatic carbocycles. The van der Waals surface area contributed by atoms with E-state index in [2.05, 4.69) is 21.3 Å². The SMILES string of the molecule is COc1ccc(C(OC[C@H]2C[C@H](O)CN2C(=O)CCC(=O)CC(CCC(=O)CCCCNC(=O)CCCCOC2OC(COC(C)=O)C(OC(C)=O)C(C)C2C)(CCC(=O)NCCCCC(=O)CCCCOC2OC(COC(C)=O)C(OC(C)=O)C(C)C2C)CCC(=O)NCCCNC(=O)CCCCOC2OC(COC(C)=O)C(OC(C)=O)C(C)C2C)(c2ccccc2)c2ccc(OC)cc2)cc1. The molecule has 5 amide bonds. The van der Waals surface area contributed by atoms with Crippen LogP contribution in [0.3, 0.4) is 0 Å². The Morgan fingerprint density at radius 2 is 0.725 bits per heavy atom. The molecule has 4 aliphatic heterocycles. The molecule has 35 nitrogen and oxygen atoms in total. The van der Waals surface area contributed by atoms with Gasteiger partial charge in [0.05, 0.1) is 33.0 Å². The summed E-state index contributed by atoms with van der Waals surface area (Å²) in [4.78, 5) is 184. The Labute approximate surface area is 812 Å². The second-order valence-corrected chi connectivity index (χ2v) is 37.3. The van der Waals surface area contributed by atoms with Crippen LogP contribution in [0.5, 0.6) is 11.5 Å². The summed E-state index contributed by atoms with van der Waals surface area (Å²) in [6.07, 6.45) is -1.46. The van der Waals surface area contributed by atoms with Crippen molar-refractivity contribution < 1.29 is 143 Å². The largest absolute Gasteiger partial charge is 0.497 e. The number of benzene rings is 3. The molecule has 4 fully saturated rings. The highest BCUT2D eigenvalue weighted by molar-refractivity contribution is 5.86. The molecule has 0 saturated carbocycles. The minimum absolute atomic E-state index is 0.0325. The molecule has 0 aromatic heterocycles. The van der Waals surface area contributed by atoms with E-state index < -0.39 is 120 Å². The Hall–Kier alpha value is -9.88. The van der Waals surface area contributed by atoms with Gasteiger partial charge in [0.1, 0.15) is 90.9 Å². The van der Waals surface area contributed by atoms with E-state index in [0.29, 0.717) is 88.5 Å². The lowest BCUT2D eigenvalue weighted by atomic mass is 9.70. The van der Waals surface area contributed by atoms with Crippen molar-refractivity contribution in [1.82, 2.24) is 26.2 Å². The maximum absolute atomic E-state index is 15.0. The van der Waals surface area contributed by atoms with E-state index in [0.717, 1.165) is 16.7 Å². The van der Waals surface area contributed by atoms with Crippen molar-refractivity contribution in [3.8, 4) is 11.5 Å². The van der Waals surface area contributed by atoms with Gasteiger partial charge in [0.15, 0.2) is 18.9 Å². The summed E-state index contributed by atoms with van der Waals surface area (Å²) in [5.41, 5.74) is -0.127. The zero-order valence-corrected chi connectivity index (χ0v) is 83.4. The molecule has 4 saturated heterocycles. The number of aliphatic hydroxyl groups is 1. The number of amides is 5. The first kappa shape index (κ1) is 115. The Morgan fingerprint density at radius 1 is 0.377 bits per heavy atom. The molecule has 0 aliphatic carbocycles. The normalized spacial score (nSPS) is 23.4. The Kier molecular flexibility index (Phi) is 50.3. The summed E-state index contributed by atoms with van der Waals surface area (Å²) in [6, 6.07) is 24.0. The fraction of sp³-hybridized carbons (Fsp3) is 0.689. The van der Waals surface area contributed by atoms with Crippen molar-refractivity contribution in [2.75, 3.05) is 93.2 Å². The molecule has 4 aliphatic rings. The van der Waals surface area contributed by atoms with Gasteiger partial charge in [0, 0.05) is 200 Å². The smallest absolute Gasteiger partial charge is 0.303 e. The number of likely N-dealkylation sites (tertiary alicyclic amines) is 1. The molecule has 35 heteroatoms. The zero-order chi connectivity index (χ0) is 101. The number of β-amino-alcohol motifs (C(OH)–C–C–N with tert-alkyl or cyclic N) is 1. The number of carbonyl (C=O) groups is 14. The second kappa shape index (κ2) is 60.3. The van der Waals surface area contributed by atoms with Crippen LogP contribution in [-0.4, -0.2) is 254 Å². The number of aliphatic hydroxyl groups excluding tert-OH is 1. The molecular weight excluding hydrogens is 1790 g/mol. The highest BCUT2D eigenvalue weighted by Gasteiger charge is 2.49. The molecule has 7 rings (SSSR count). The van der Waals surface area contributed by atoms with Crippen molar-refractivity contribution >= 4 is 82.7 Å². The van der Waals surface area contributed by atoms with Gasteiger partial charge >= 0.3 is 35.8 Å². The van der Waals surface area contributed by atoms with Gasteiger partial charge in [-0.2, -0.15) is 0 Å². The third-order valence-electron chi connectivity index (χ3n) is 26.6. The number of nitrogens with zero attached hydrogens (tertiary/aromatic N) is 1. The van der Waals surface area contributed by atoms with Crippen LogP contribution in [0, 0.1) is 40.9 Å². The third-order valence-corrected chi connectivity index (χ3v) is 26.6. The van der Waals surface area contributed by atoms with Gasteiger partial charge in [0.2, 0.25) is 29.5 Å². The number of Topliss-reactive ketones (excluding diaryl/α,β-unsaturated/α-hetero) is 3. The lowest BCUT2D eigenvalue weighted by Gasteiger charge is -2.43. The van der Waals surface area contributed by atoms with Crippen molar-refractivity contribution in [2.45, 2.75) is 323 Å². The molecule has 5 N–H and O–H groups in total. The first-order valence-electron chi connectivity index (χ1n) is 49.3. The molecular formula is C103H153N5O30. The Bertz CT molecular complexity index is 4010. The molecule has 0 bridgehead atoms. The summed E-state index contributed by atoms with van der Waals surface area (Å²) < 4.78 is 87.5. The number of hydrogen-bond donors (Lipinski definition) is 5. The number of nitrogens with one attached hydrogen (secondary N) is 4. The predicted molar refractivity (Wildman–Crippen MR) is 505 cm³/mol. The second-order valence-electron chi connectivity index (χ2n) is 37.3. The summed E-state index contributed by atoms with van der Waals surface area (Å²) in [5.74, 6) is -4.87. The monoisotopic (exact) mass is 1940 g/mol. The number of methoxy groups -OCH3 is 2. The van der Waals surface area contributed by atoms with Crippen LogP contribution in [-0.2, 0) is 134 Å². The third kappa shape index (κ3) is 39.0. The van der Waals surface area contributed by atoms with Gasteiger partial charge < -0.3 is 102 Å². The van der Waals surface area contributed by atoms with Crippen molar-refractivity contribution in [1.29, 1.82) is 0 Å². The first-order valence-corrected chi connectivity index (χ1v) is 49.3. The fourth-order valence-corrected chi connectivity index (χ4v) is 18.1. The fourth-order valence-electron chi connectivity index (χ4n) is 18.1. The predicted octanol–water partition coefficient (Wildman–Crippen LogP) is 11.4. The molecule has 138 heavy (non-hydrogen) atoms. The number of rotatable bonds is 63. The van der Waals surface area contributed by atoms with Gasteiger partial charge in [-0.25, -0.2) is 0 Å². The van der Waals surface area contributed by atoms with Crippen molar-refractivity contribution in [3.05, 3.63) is 95.6 Å². The summed E-state index contributed by atoms with van der Waals surface area (Å²) in [7, 11) is 3.16. The highest BCUT2D eigenvalue weighted by Crippen LogP contribution is 2.45. The number of esters is 6. The number of unbranched alkanes of at least 4 members (excludes halogenated alkanes) is 5. The number of carbonyl (C=O) groups excluding carboxylic acids is 14. The lowest BCUT2D eigenvalue weighted by molar-refractivity contribution is -0.273. The van der Waals surface area contributed by atoms with E-state index in [4.69, 9.17) is 71.1 Å². The number of ketones is 3. The average Bonchev–Trinajstić information content (AvgIpc) is 0.881. The van der Waals surface area contributed by atoms with Crippen LogP contribution in [0.15, 0.2) is 78.9 Å². The van der Waals surface area contributed by atoms with Crippen LogP contribution in [0.1, 0.15) is 267 Å². The van der Waals surface area contributed by atoms with Gasteiger partial charge in [-0.1, -0.05) is 96.1 Å². The maximum atomic E-state index is 15.0. The van der Waals surface area contributed by atoms with Crippen molar-refractivity contribution in [2.24, 2.45) is 40.9 Å². The maximum Gasteiger partial charge on any atom is 0.303 e. The zero-order valence-electron chi connectivity index (χ0n) is 83.4. The van der Waals surface area contributed by atoms with Crippen LogP contribution >= 0.6 is 0 Å². The summed E-state index contributed by atoms with van der Waals surface area (Å²) >= 11 is 0. The molecule has 3 aromatic rings. The summed E-state index contributed by atoms with van der Waals surface area (Å²) in [5, 5.41) is 23.2. The quantitative estimate of drug-likeness (QED) is 0.0152. The summed E-state index contributed by atoms with van der Waals surface area (Å²) in [6.45, 7) is 20.5. The average molecular weight is 1940 g/mol. The molecule has 0 spiro atoms. The van der Waals surface area contributed by atoms with Crippen molar-refractivity contribution in [3.63, 3.8) is 0 Å². The van der Waals surface area contributed by atoms with E-state index in [9.17, 15) is 67.4 Å². The molecule has 18 atom stereocenters. The number of hydrogen-bond acceptors (Lipinski definition) is 30. The van der Waals surface area contributed by atoms with Crippen LogP contribution in [0.2, 0.25) is 0 Å². The van der Waals surface area contributed by atoms with E-state index in [1.807, 2.05) is 120 Å². The highest BCUT2D eigenvalue weighted by atomic mass is 16.7. The molecule has 4 heterocycles. The van der Waals surface area contributed by atoms with Crippen LogP contribution in [0.4, 0.5) is 0 Å². The van der Waals surface area contributed by atoms with E-state index in [1.165, 1.54) is 41.5 Å². The Morgan fingerprint density at radius 3 is 1.10 bits per heavy atom. The van der Waals surface area contributed by atoms with Gasteiger partial charge in [-0.05, 0) is 143 Å². The minimum Gasteiger partial charge on any atom is -0.497 e. The molecule has 0 radical (unpaired) electrons. The first-order chi connectivity index (χ1) is 65.9. The van der Waals surface area contributed by atoms with Crippen LogP contribution < -0.4 is 30.7 Å². The van der Waals surface area contributed by atoms with Gasteiger partial charge in [0.25, 0.3) is 0 Å². The van der Waals surface area contributed by atoms with Gasteiger partial charge in [-0.3, -0.25) is 67.1 Å². The van der Waals surface area contributed by atoms with E-state index in [-0.39, 0.29) is 245 Å². The van der Waals surface area contributed by atoms with E-state index in [1.54, 1.807) is 19.1 Å². The standard InChI is InChI=1S/C103H153N5O30/c1-66-69(4)99(136-88(63-129-72(7)109)96(66)133-75(10)112)126-56-25-20-33-82(115)31-18-23-53-105-93(121)47-50-102(49-46-83(116)32-19-24-52-104-91(119)34-21-26-57-127-100-70(5)67(2)97(134-76(11)113)89(137-100)64-130-73(8)110,51-48-94(122)107-55-28-54-106-92(120)35-22-27-58-128-101-71(6)68(3)98(135-77(12)114)90(138-101)65-131-74(9)111)60-84(117)40-45-95(123)108-61-85(118)59-81(108)62-132-103(78-29-16-15-17-30-78,79-36-41-86(124-13)42-37-79)80-38-43-87(125-14)44-39-80/h15-17,29-30,36-39,41-44,66-71,81,85,88-90,96-101,118H,18-28,31-35,40,45-65H2,1-14H3,(H,104,119)(H,105,121)(H,106,120)(H,107,122)/t66?,67?,68?,69?,70?,71?,81-,85+,88?,89?,90?,96?,97?,98?,99?,100?,101?,102?/m1/s1. The van der Waals surface area contributed by atoms with Crippen LogP contribution in [0.25, 0.3) is 0 Å². The number of ether oxygens (including phenoxy) is 15. The minimum atomic E-state index is -1.26. The Balaban J connectivity index is 1.01. The topological polar surface area (TPSA) is 449 Å². The van der Waals surface area contributed by atoms with Gasteiger partial charge in [-0.15, -0.1) is 0 Å².